The molecular weight excluding hydrogens is 280 g/mol. The van der Waals surface area contributed by atoms with Gasteiger partial charge >= 0.3 is 0 Å². The number of aromatic nitrogens is 2. The first-order valence-electron chi connectivity index (χ1n) is 6.64. The lowest BCUT2D eigenvalue weighted by molar-refractivity contribution is 0.693. The molecule has 0 saturated heterocycles. The van der Waals surface area contributed by atoms with Gasteiger partial charge in [0.15, 0.2) is 0 Å². The Morgan fingerprint density at radius 2 is 2.05 bits per heavy atom. The number of para-hydroxylation sites is 1. The lowest BCUT2D eigenvalue weighted by Gasteiger charge is -2.10. The van der Waals surface area contributed by atoms with Crippen LogP contribution in [-0.2, 0) is 13.1 Å². The molecule has 0 aliphatic rings. The van der Waals surface area contributed by atoms with Gasteiger partial charge in [0.2, 0.25) is 0 Å². The van der Waals surface area contributed by atoms with Crippen molar-refractivity contribution in [2.24, 2.45) is 0 Å². The number of thiophene rings is 1. The van der Waals surface area contributed by atoms with Gasteiger partial charge in [-0.15, -0.1) is 11.3 Å². The van der Waals surface area contributed by atoms with E-state index in [0.717, 1.165) is 23.7 Å². The Hall–Kier alpha value is -2.42. The third kappa shape index (κ3) is 3.19. The smallest absolute Gasteiger partial charge is 0.110 e. The maximum atomic E-state index is 8.83. The minimum Gasteiger partial charge on any atom is -0.308 e. The van der Waals surface area contributed by atoms with Crippen molar-refractivity contribution < 1.29 is 0 Å². The Morgan fingerprint density at radius 1 is 1.14 bits per heavy atom. The van der Waals surface area contributed by atoms with Crippen LogP contribution in [0.2, 0.25) is 0 Å². The van der Waals surface area contributed by atoms with E-state index in [1.165, 1.54) is 21.8 Å². The van der Waals surface area contributed by atoms with Crippen LogP contribution in [0.25, 0.3) is 5.69 Å². The molecule has 3 rings (SSSR count). The normalized spacial score (nSPS) is 10.4. The van der Waals surface area contributed by atoms with E-state index in [0.29, 0.717) is 0 Å². The number of hydrogen-bond donors (Lipinski definition) is 1. The maximum Gasteiger partial charge on any atom is 0.110 e. The van der Waals surface area contributed by atoms with E-state index < -0.39 is 0 Å². The van der Waals surface area contributed by atoms with Crippen LogP contribution in [0, 0.1) is 11.3 Å². The molecule has 0 amide bonds. The highest BCUT2D eigenvalue weighted by Gasteiger charge is 2.04. The zero-order valence-corrected chi connectivity index (χ0v) is 12.2. The number of rotatable bonds is 5. The van der Waals surface area contributed by atoms with E-state index >= 15 is 0 Å². The molecule has 0 fully saturated rings. The summed E-state index contributed by atoms with van der Waals surface area (Å²) in [7, 11) is 0. The molecule has 0 bridgehead atoms. The van der Waals surface area contributed by atoms with Crippen molar-refractivity contribution in [1.82, 2.24) is 15.1 Å². The van der Waals surface area contributed by atoms with Crippen LogP contribution in [0.5, 0.6) is 0 Å². The third-order valence-electron chi connectivity index (χ3n) is 3.13. The molecule has 5 heteroatoms. The molecule has 104 valence electrons. The zero-order chi connectivity index (χ0) is 14.5. The standard InChI is InChI=1S/C16H14N4S/c17-10-14-6-7-15(21-14)12-18-11-13-4-1-2-5-16(13)20-9-3-8-19-20/h1-9,18H,11-12H2. The van der Waals surface area contributed by atoms with E-state index in [4.69, 9.17) is 5.26 Å². The summed E-state index contributed by atoms with van der Waals surface area (Å²) >= 11 is 1.53. The van der Waals surface area contributed by atoms with E-state index in [-0.39, 0.29) is 0 Å². The lowest BCUT2D eigenvalue weighted by Crippen LogP contribution is -2.14. The molecule has 0 radical (unpaired) electrons. The Balaban J connectivity index is 1.67. The number of benzene rings is 1. The van der Waals surface area contributed by atoms with E-state index in [9.17, 15) is 0 Å². The second-order valence-electron chi connectivity index (χ2n) is 4.56. The van der Waals surface area contributed by atoms with Gasteiger partial charge in [-0.3, -0.25) is 0 Å². The molecule has 2 aromatic heterocycles. The number of nitrogens with one attached hydrogen (secondary N) is 1. The van der Waals surface area contributed by atoms with Crippen LogP contribution in [0.1, 0.15) is 15.3 Å². The van der Waals surface area contributed by atoms with Gasteiger partial charge in [-0.2, -0.15) is 10.4 Å². The topological polar surface area (TPSA) is 53.6 Å². The van der Waals surface area contributed by atoms with Crippen molar-refractivity contribution in [3.8, 4) is 11.8 Å². The van der Waals surface area contributed by atoms with Crippen LogP contribution in [0.3, 0.4) is 0 Å². The number of nitriles is 1. The SMILES string of the molecule is N#Cc1ccc(CNCc2ccccc2-n2cccn2)s1. The molecule has 0 saturated carbocycles. The first kappa shape index (κ1) is 13.6. The van der Waals surface area contributed by atoms with Crippen molar-refractivity contribution in [3.05, 3.63) is 70.2 Å². The summed E-state index contributed by atoms with van der Waals surface area (Å²) in [5.74, 6) is 0. The predicted octanol–water partition coefficient (Wildman–Crippen LogP) is 3.10. The lowest BCUT2D eigenvalue weighted by atomic mass is 10.2. The van der Waals surface area contributed by atoms with Gasteiger partial charge in [0, 0.05) is 30.4 Å². The zero-order valence-electron chi connectivity index (χ0n) is 11.4. The summed E-state index contributed by atoms with van der Waals surface area (Å²) in [5, 5.41) is 16.5. The third-order valence-corrected chi connectivity index (χ3v) is 4.12. The predicted molar refractivity (Wildman–Crippen MR) is 83.1 cm³/mol. The molecule has 4 nitrogen and oxygen atoms in total. The van der Waals surface area contributed by atoms with Crippen LogP contribution in [-0.4, -0.2) is 9.78 Å². The van der Waals surface area contributed by atoms with Crippen molar-refractivity contribution in [2.45, 2.75) is 13.1 Å². The Labute approximate surface area is 127 Å². The molecule has 3 aromatic rings. The summed E-state index contributed by atoms with van der Waals surface area (Å²) in [6.07, 6.45) is 3.72. The Morgan fingerprint density at radius 3 is 2.81 bits per heavy atom. The summed E-state index contributed by atoms with van der Waals surface area (Å²) in [6, 6.07) is 16.1. The molecule has 1 aromatic carbocycles. The molecule has 0 aliphatic carbocycles. The van der Waals surface area contributed by atoms with Gasteiger partial charge in [-0.25, -0.2) is 4.68 Å². The quantitative estimate of drug-likeness (QED) is 0.786. The van der Waals surface area contributed by atoms with Crippen molar-refractivity contribution in [2.75, 3.05) is 0 Å². The van der Waals surface area contributed by atoms with Gasteiger partial charge in [0.25, 0.3) is 0 Å². The largest absolute Gasteiger partial charge is 0.308 e. The van der Waals surface area contributed by atoms with Crippen molar-refractivity contribution in [1.29, 1.82) is 5.26 Å². The highest BCUT2D eigenvalue weighted by Crippen LogP contribution is 2.16. The summed E-state index contributed by atoms with van der Waals surface area (Å²) in [5.41, 5.74) is 2.28. The first-order chi connectivity index (χ1) is 10.4. The van der Waals surface area contributed by atoms with Crippen LogP contribution in [0.15, 0.2) is 54.9 Å². The van der Waals surface area contributed by atoms with E-state index in [1.807, 2.05) is 41.2 Å². The summed E-state index contributed by atoms with van der Waals surface area (Å²) in [4.78, 5) is 1.92. The average Bonchev–Trinajstić information content (AvgIpc) is 3.19. The fraction of sp³-hybridized carbons (Fsp3) is 0.125. The van der Waals surface area contributed by atoms with Gasteiger partial charge in [0.05, 0.1) is 5.69 Å². The molecule has 0 aliphatic heterocycles. The molecule has 1 N–H and O–H groups in total. The molecule has 21 heavy (non-hydrogen) atoms. The maximum absolute atomic E-state index is 8.83. The minimum absolute atomic E-state index is 0.753. The fourth-order valence-electron chi connectivity index (χ4n) is 2.15. The van der Waals surface area contributed by atoms with E-state index in [1.54, 1.807) is 6.20 Å². The van der Waals surface area contributed by atoms with Crippen LogP contribution < -0.4 is 5.32 Å². The minimum atomic E-state index is 0.753. The summed E-state index contributed by atoms with van der Waals surface area (Å²) in [6.45, 7) is 1.52. The molecular formula is C16H14N4S. The second kappa shape index (κ2) is 6.35. The monoisotopic (exact) mass is 294 g/mol. The summed E-state index contributed by atoms with van der Waals surface area (Å²) < 4.78 is 1.87. The highest BCUT2D eigenvalue weighted by molar-refractivity contribution is 7.12. The second-order valence-corrected chi connectivity index (χ2v) is 5.73. The fourth-order valence-corrected chi connectivity index (χ4v) is 2.92. The van der Waals surface area contributed by atoms with Crippen LogP contribution in [0.4, 0.5) is 0 Å². The van der Waals surface area contributed by atoms with Gasteiger partial charge in [-0.05, 0) is 29.8 Å². The van der Waals surface area contributed by atoms with Crippen molar-refractivity contribution >= 4 is 11.3 Å². The highest BCUT2D eigenvalue weighted by atomic mass is 32.1. The number of hydrogen-bond acceptors (Lipinski definition) is 4. The molecule has 0 unspecified atom stereocenters. The molecule has 0 atom stereocenters. The molecule has 2 heterocycles. The number of nitrogens with zero attached hydrogens (tertiary/aromatic N) is 3. The Kier molecular flexibility index (Phi) is 4.10. The van der Waals surface area contributed by atoms with Gasteiger partial charge in [-0.1, -0.05) is 18.2 Å². The molecule has 0 spiro atoms. The average molecular weight is 294 g/mol. The van der Waals surface area contributed by atoms with Crippen LogP contribution >= 0.6 is 11.3 Å². The van der Waals surface area contributed by atoms with E-state index in [2.05, 4.69) is 28.6 Å². The van der Waals surface area contributed by atoms with Gasteiger partial charge in [0.1, 0.15) is 10.9 Å². The first-order valence-corrected chi connectivity index (χ1v) is 7.46. The Bertz CT molecular complexity index is 753. The van der Waals surface area contributed by atoms with Gasteiger partial charge < -0.3 is 5.32 Å². The van der Waals surface area contributed by atoms with Crippen molar-refractivity contribution in [3.63, 3.8) is 0 Å².